The van der Waals surface area contributed by atoms with Crippen LogP contribution in [0.25, 0.3) is 131 Å². The fraction of sp³-hybridized carbons (Fsp3) is 0. The molecule has 11 aromatic carbocycles. The van der Waals surface area contributed by atoms with Gasteiger partial charge in [0.25, 0.3) is 0 Å². The smallest absolute Gasteiger partial charge is 0.165 e. The van der Waals surface area contributed by atoms with E-state index in [2.05, 4.69) is 206 Å². The minimum atomic E-state index is 0.641. The summed E-state index contributed by atoms with van der Waals surface area (Å²) in [5.41, 5.74) is 9.99. The summed E-state index contributed by atoms with van der Waals surface area (Å²) in [5.74, 6) is 1.94. The maximum atomic E-state index is 5.49. The highest BCUT2D eigenvalue weighted by Crippen LogP contribution is 2.46. The molecule has 13 aromatic rings. The fourth-order valence-corrected chi connectivity index (χ4v) is 11.1. The summed E-state index contributed by atoms with van der Waals surface area (Å²) in [6, 6.07) is 80.7. The Hall–Kier alpha value is -8.31. The molecule has 0 aliphatic rings. The molecule has 2 aromatic heterocycles. The highest BCUT2D eigenvalue weighted by Gasteiger charge is 2.22. The number of fused-ring (bicyclic) bond motifs is 8. The first kappa shape index (κ1) is 37.3. The highest BCUT2D eigenvalue weighted by atomic mass is 32.1. The molecule has 0 radical (unpaired) electrons. The second kappa shape index (κ2) is 15.2. The molecule has 302 valence electrons. The highest BCUT2D eigenvalue weighted by molar-refractivity contribution is 7.26. The van der Waals surface area contributed by atoms with Crippen molar-refractivity contribution in [2.45, 2.75) is 0 Å². The van der Waals surface area contributed by atoms with Gasteiger partial charge < -0.3 is 0 Å². The van der Waals surface area contributed by atoms with Crippen molar-refractivity contribution in [2.75, 3.05) is 0 Å². The molecule has 2 heterocycles. The molecule has 0 atom stereocenters. The van der Waals surface area contributed by atoms with Gasteiger partial charge in [0.1, 0.15) is 0 Å². The third kappa shape index (κ3) is 6.22. The molecule has 4 heteroatoms. The van der Waals surface area contributed by atoms with Gasteiger partial charge in [0, 0.05) is 36.9 Å². The van der Waals surface area contributed by atoms with E-state index in [0.29, 0.717) is 17.5 Å². The van der Waals surface area contributed by atoms with Crippen LogP contribution in [0.15, 0.2) is 224 Å². The Morgan fingerprint density at radius 3 is 1.60 bits per heavy atom. The van der Waals surface area contributed by atoms with E-state index in [0.717, 1.165) is 38.6 Å². The van der Waals surface area contributed by atoms with E-state index in [1.54, 1.807) is 11.3 Å². The first-order chi connectivity index (χ1) is 32.2. The predicted octanol–water partition coefficient (Wildman–Crippen LogP) is 16.9. The molecule has 0 N–H and O–H groups in total. The number of aromatic nitrogens is 3. The molecule has 13 rings (SSSR count). The molecule has 0 aliphatic carbocycles. The summed E-state index contributed by atoms with van der Waals surface area (Å²) in [5, 5.41) is 11.9. The van der Waals surface area contributed by atoms with Gasteiger partial charge in [-0.3, -0.25) is 0 Å². The van der Waals surface area contributed by atoms with Gasteiger partial charge >= 0.3 is 0 Å². The summed E-state index contributed by atoms with van der Waals surface area (Å²) in [6.07, 6.45) is 0. The minimum Gasteiger partial charge on any atom is -0.208 e. The van der Waals surface area contributed by atoms with Crippen molar-refractivity contribution in [2.24, 2.45) is 0 Å². The molecule has 0 unspecified atom stereocenters. The third-order valence-electron chi connectivity index (χ3n) is 12.9. The normalized spacial score (nSPS) is 11.7. The second-order valence-electron chi connectivity index (χ2n) is 16.6. The second-order valence-corrected chi connectivity index (χ2v) is 17.7. The summed E-state index contributed by atoms with van der Waals surface area (Å²) in [4.78, 5) is 16.1. The monoisotopic (exact) mass is 843 g/mol. The third-order valence-corrected chi connectivity index (χ3v) is 14.1. The zero-order valence-corrected chi connectivity index (χ0v) is 35.9. The number of hydrogen-bond donors (Lipinski definition) is 0. The van der Waals surface area contributed by atoms with Crippen LogP contribution in [0.5, 0.6) is 0 Å². The van der Waals surface area contributed by atoms with Gasteiger partial charge in [-0.05, 0) is 101 Å². The molecular weight excluding hydrogens is 807 g/mol. The zero-order valence-electron chi connectivity index (χ0n) is 35.1. The molecule has 0 bridgehead atoms. The molecule has 3 nitrogen and oxygen atoms in total. The van der Waals surface area contributed by atoms with Crippen molar-refractivity contribution in [3.8, 4) is 67.5 Å². The van der Waals surface area contributed by atoms with Crippen molar-refractivity contribution in [3.05, 3.63) is 224 Å². The molecule has 0 fully saturated rings. The largest absolute Gasteiger partial charge is 0.208 e. The van der Waals surface area contributed by atoms with Crippen molar-refractivity contribution in [1.82, 2.24) is 15.0 Å². The molecule has 0 aliphatic heterocycles. The Bertz CT molecular complexity index is 4000. The molecule has 65 heavy (non-hydrogen) atoms. The molecule has 0 saturated carbocycles. The maximum absolute atomic E-state index is 5.49. The van der Waals surface area contributed by atoms with Crippen LogP contribution in [-0.4, -0.2) is 15.0 Å². The number of hydrogen-bond acceptors (Lipinski definition) is 4. The lowest BCUT2D eigenvalue weighted by Crippen LogP contribution is -2.02. The Kier molecular flexibility index (Phi) is 8.71. The van der Waals surface area contributed by atoms with Gasteiger partial charge in [0.2, 0.25) is 0 Å². The Balaban J connectivity index is 1.06. The Labute approximate surface area is 379 Å². The van der Waals surface area contributed by atoms with Crippen LogP contribution in [0.1, 0.15) is 0 Å². The van der Waals surface area contributed by atoms with Crippen LogP contribution >= 0.6 is 11.3 Å². The van der Waals surface area contributed by atoms with E-state index in [-0.39, 0.29) is 0 Å². The van der Waals surface area contributed by atoms with Crippen LogP contribution in [0.4, 0.5) is 0 Å². The Morgan fingerprint density at radius 1 is 0.262 bits per heavy atom. The van der Waals surface area contributed by atoms with Crippen molar-refractivity contribution >= 4 is 74.6 Å². The molecule has 0 saturated heterocycles. The lowest BCUT2D eigenvalue weighted by atomic mass is 9.86. The summed E-state index contributed by atoms with van der Waals surface area (Å²) in [7, 11) is 0. The molecule has 0 amide bonds. The van der Waals surface area contributed by atoms with Gasteiger partial charge in [-0.25, -0.2) is 15.0 Å². The van der Waals surface area contributed by atoms with E-state index in [9.17, 15) is 0 Å². The average Bonchev–Trinajstić information content (AvgIpc) is 3.77. The van der Waals surface area contributed by atoms with Crippen molar-refractivity contribution in [3.63, 3.8) is 0 Å². The molecular formula is C61H37N3S. The first-order valence-corrected chi connectivity index (χ1v) is 22.8. The van der Waals surface area contributed by atoms with Crippen molar-refractivity contribution < 1.29 is 0 Å². The van der Waals surface area contributed by atoms with Gasteiger partial charge in [-0.2, -0.15) is 0 Å². The summed E-state index contributed by atoms with van der Waals surface area (Å²) >= 11 is 1.79. The number of thiophene rings is 1. The number of nitrogens with zero attached hydrogens (tertiary/aromatic N) is 3. The van der Waals surface area contributed by atoms with Crippen LogP contribution in [-0.2, 0) is 0 Å². The average molecular weight is 844 g/mol. The van der Waals surface area contributed by atoms with Crippen LogP contribution < -0.4 is 0 Å². The van der Waals surface area contributed by atoms with E-state index in [1.807, 2.05) is 18.2 Å². The number of benzene rings is 11. The van der Waals surface area contributed by atoms with Crippen molar-refractivity contribution in [1.29, 1.82) is 0 Å². The predicted molar refractivity (Wildman–Crippen MR) is 275 cm³/mol. The van der Waals surface area contributed by atoms with E-state index < -0.39 is 0 Å². The fourth-order valence-electron chi connectivity index (χ4n) is 9.91. The van der Waals surface area contributed by atoms with Gasteiger partial charge in [0.05, 0.1) is 0 Å². The standard InChI is InChI=1S/C61H37N3S/c1-3-16-38(17-4-1)46-34-32-39-18-7-9-22-44(39)56(46)43-31-30-42-36-54(48-25-12-11-24-47(48)53(42)37-43)50-35-33-40-19-8-10-23-45(40)57(50)61-63-59(41-20-5-2-6-21-41)62-60(64-61)52-28-15-27-51-49-26-13-14-29-55(49)65-58(51)52/h1-37H. The topological polar surface area (TPSA) is 38.7 Å². The zero-order chi connectivity index (χ0) is 42.8. The van der Waals surface area contributed by atoms with Crippen LogP contribution in [0.2, 0.25) is 0 Å². The molecule has 0 spiro atoms. The van der Waals surface area contributed by atoms with Crippen LogP contribution in [0.3, 0.4) is 0 Å². The first-order valence-electron chi connectivity index (χ1n) is 22.0. The van der Waals surface area contributed by atoms with Gasteiger partial charge in [0.15, 0.2) is 17.5 Å². The van der Waals surface area contributed by atoms with Gasteiger partial charge in [-0.1, -0.05) is 200 Å². The van der Waals surface area contributed by atoms with E-state index in [4.69, 9.17) is 15.0 Å². The SMILES string of the molecule is c1ccc(-c2nc(-c3c(-c4cc5ccc(-c6c(-c7ccccc7)ccc7ccccc67)cc5c5ccccc45)ccc4ccccc34)nc(-c3cccc4c3sc3ccccc34)n2)cc1. The minimum absolute atomic E-state index is 0.641. The lowest BCUT2D eigenvalue weighted by molar-refractivity contribution is 1.08. The quantitative estimate of drug-likeness (QED) is 0.157. The van der Waals surface area contributed by atoms with E-state index >= 15 is 0 Å². The summed E-state index contributed by atoms with van der Waals surface area (Å²) < 4.78 is 2.41. The summed E-state index contributed by atoms with van der Waals surface area (Å²) in [6.45, 7) is 0. The van der Waals surface area contributed by atoms with Gasteiger partial charge in [-0.15, -0.1) is 11.3 Å². The lowest BCUT2D eigenvalue weighted by Gasteiger charge is -2.18. The van der Waals surface area contributed by atoms with Crippen LogP contribution in [0, 0.1) is 0 Å². The Morgan fingerprint density at radius 2 is 0.831 bits per heavy atom. The maximum Gasteiger partial charge on any atom is 0.165 e. The van der Waals surface area contributed by atoms with E-state index in [1.165, 1.54) is 74.7 Å². The number of rotatable bonds is 6.